The lowest BCUT2D eigenvalue weighted by atomic mass is 9.83. The molecule has 1 atom stereocenters. The van der Waals surface area contributed by atoms with E-state index in [1.165, 1.54) is 19.2 Å². The van der Waals surface area contributed by atoms with E-state index in [2.05, 4.69) is 4.72 Å². The Kier molecular flexibility index (Phi) is 6.95. The van der Waals surface area contributed by atoms with E-state index in [1.807, 2.05) is 12.1 Å². The molecule has 0 heterocycles. The largest absolute Gasteiger partial charge is 0.469 e. The van der Waals surface area contributed by atoms with Crippen LogP contribution in [0.4, 0.5) is 0 Å². The van der Waals surface area contributed by atoms with Crippen molar-refractivity contribution in [3.05, 3.63) is 63.7 Å². The highest BCUT2D eigenvalue weighted by Gasteiger charge is 2.26. The number of esters is 1. The molecule has 29 heavy (non-hydrogen) atoms. The molecule has 0 spiro atoms. The quantitative estimate of drug-likeness (QED) is 0.650. The summed E-state index contributed by atoms with van der Waals surface area (Å²) in [4.78, 5) is 11.7. The van der Waals surface area contributed by atoms with Crippen molar-refractivity contribution in [2.75, 3.05) is 7.11 Å². The minimum absolute atomic E-state index is 0.111. The number of methoxy groups -OCH3 is 1. The summed E-state index contributed by atoms with van der Waals surface area (Å²) in [6.07, 6.45) is 2.69. The maximum absolute atomic E-state index is 12.7. The Hall–Kier alpha value is -1.93. The van der Waals surface area contributed by atoms with Crippen LogP contribution in [0.15, 0.2) is 41.3 Å². The van der Waals surface area contributed by atoms with Gasteiger partial charge in [0.15, 0.2) is 0 Å². The molecule has 0 bridgehead atoms. The number of fused-ring (bicyclic) bond motifs is 1. The van der Waals surface area contributed by atoms with Crippen LogP contribution >= 0.6 is 11.6 Å². The first-order chi connectivity index (χ1) is 13.8. The number of carbonyl (C=O) groups is 1. The number of rotatable bonds is 7. The molecule has 0 radical (unpaired) electrons. The molecule has 1 unspecified atom stereocenters. The van der Waals surface area contributed by atoms with Crippen LogP contribution in [0.5, 0.6) is 0 Å². The number of hydrogen-bond donors (Lipinski definition) is 2. The van der Waals surface area contributed by atoms with Crippen molar-refractivity contribution >= 4 is 27.6 Å². The minimum Gasteiger partial charge on any atom is -0.469 e. The molecule has 2 aromatic rings. The summed E-state index contributed by atoms with van der Waals surface area (Å²) >= 11 is 5.84. The van der Waals surface area contributed by atoms with Gasteiger partial charge in [0.05, 0.1) is 18.6 Å². The molecule has 6 nitrogen and oxygen atoms in total. The lowest BCUT2D eigenvalue weighted by molar-refractivity contribution is -0.140. The first-order valence-corrected chi connectivity index (χ1v) is 11.3. The van der Waals surface area contributed by atoms with Crippen LogP contribution in [-0.2, 0) is 45.4 Å². The summed E-state index contributed by atoms with van der Waals surface area (Å²) in [7, 11) is -2.29. The molecule has 1 aliphatic rings. The van der Waals surface area contributed by atoms with Crippen LogP contribution in [-0.4, -0.2) is 32.6 Å². The fourth-order valence-corrected chi connectivity index (χ4v) is 5.11. The minimum atomic E-state index is -3.65. The van der Waals surface area contributed by atoms with E-state index >= 15 is 0 Å². The summed E-state index contributed by atoms with van der Waals surface area (Å²) in [6.45, 7) is -0.111. The Balaban J connectivity index is 1.79. The highest BCUT2D eigenvalue weighted by Crippen LogP contribution is 2.28. The monoisotopic (exact) mass is 437 g/mol. The Bertz CT molecular complexity index is 989. The van der Waals surface area contributed by atoms with Gasteiger partial charge < -0.3 is 9.84 Å². The molecule has 0 saturated carbocycles. The summed E-state index contributed by atoms with van der Waals surface area (Å²) in [5.41, 5.74) is 3.90. The predicted octanol–water partition coefficient (Wildman–Crippen LogP) is 2.77. The van der Waals surface area contributed by atoms with Gasteiger partial charge in [-0.15, -0.1) is 0 Å². The second-order valence-corrected chi connectivity index (χ2v) is 9.29. The molecule has 0 fully saturated rings. The Morgan fingerprint density at radius 2 is 2.00 bits per heavy atom. The number of aliphatic hydroxyl groups is 1. The fourth-order valence-electron chi connectivity index (χ4n) is 3.71. The van der Waals surface area contributed by atoms with Gasteiger partial charge in [-0.1, -0.05) is 23.7 Å². The molecule has 0 aromatic heterocycles. The van der Waals surface area contributed by atoms with Crippen molar-refractivity contribution in [1.82, 2.24) is 4.72 Å². The van der Waals surface area contributed by atoms with Gasteiger partial charge in [-0.2, -0.15) is 0 Å². The smallest absolute Gasteiger partial charge is 0.305 e. The zero-order valence-electron chi connectivity index (χ0n) is 16.2. The van der Waals surface area contributed by atoms with Gasteiger partial charge in [-0.3, -0.25) is 4.79 Å². The fraction of sp³-hybridized carbons (Fsp3) is 0.381. The van der Waals surface area contributed by atoms with Gasteiger partial charge in [0.2, 0.25) is 10.0 Å². The SMILES string of the molecule is COC(=O)CCc1cc(CO)cc2c1CCC(NS(=O)(=O)c1ccc(Cl)cc1)C2. The van der Waals surface area contributed by atoms with E-state index < -0.39 is 10.0 Å². The topological polar surface area (TPSA) is 92.7 Å². The molecule has 0 saturated heterocycles. The number of hydrogen-bond acceptors (Lipinski definition) is 5. The third-order valence-electron chi connectivity index (χ3n) is 5.16. The number of aliphatic hydroxyl groups excluding tert-OH is 1. The molecule has 2 aromatic carbocycles. The maximum Gasteiger partial charge on any atom is 0.305 e. The van der Waals surface area contributed by atoms with Gasteiger partial charge in [-0.25, -0.2) is 13.1 Å². The predicted molar refractivity (Wildman–Crippen MR) is 110 cm³/mol. The molecule has 0 aliphatic heterocycles. The highest BCUT2D eigenvalue weighted by atomic mass is 35.5. The number of halogens is 1. The molecule has 156 valence electrons. The molecular formula is C21H24ClNO5S. The molecule has 8 heteroatoms. The van der Waals surface area contributed by atoms with Crippen molar-refractivity contribution in [2.45, 2.75) is 49.6 Å². The molecule has 3 rings (SSSR count). The summed E-state index contributed by atoms with van der Waals surface area (Å²) < 4.78 is 32.9. The van der Waals surface area contributed by atoms with Crippen LogP contribution < -0.4 is 4.72 Å². The van der Waals surface area contributed by atoms with Gasteiger partial charge in [0, 0.05) is 17.5 Å². The number of aryl methyl sites for hydroxylation is 1. The van der Waals surface area contributed by atoms with E-state index in [9.17, 15) is 18.3 Å². The standard InChI is InChI=1S/C21H24ClNO5S/c1-28-21(25)9-2-15-10-14(13-24)11-16-12-18(5-8-20(15)16)23-29(26,27)19-6-3-17(22)4-7-19/h3-4,6-7,10-11,18,23-24H,2,5,8-9,12-13H2,1H3. The average Bonchev–Trinajstić information content (AvgIpc) is 2.71. The van der Waals surface area contributed by atoms with E-state index in [0.29, 0.717) is 30.7 Å². The Morgan fingerprint density at radius 1 is 1.28 bits per heavy atom. The molecule has 2 N–H and O–H groups in total. The van der Waals surface area contributed by atoms with Gasteiger partial charge in [-0.05, 0) is 72.2 Å². The van der Waals surface area contributed by atoms with Crippen LogP contribution in [0.25, 0.3) is 0 Å². The average molecular weight is 438 g/mol. The lowest BCUT2D eigenvalue weighted by Gasteiger charge is -2.28. The van der Waals surface area contributed by atoms with Gasteiger partial charge in [0.25, 0.3) is 0 Å². The third kappa shape index (κ3) is 5.36. The summed E-state index contributed by atoms with van der Waals surface area (Å²) in [6, 6.07) is 9.65. The number of carbonyl (C=O) groups excluding carboxylic acids is 1. The normalized spacial score (nSPS) is 16.3. The van der Waals surface area contributed by atoms with E-state index in [1.54, 1.807) is 12.1 Å². The maximum atomic E-state index is 12.7. The van der Waals surface area contributed by atoms with Crippen LogP contribution in [0.3, 0.4) is 0 Å². The number of benzene rings is 2. The van der Waals surface area contributed by atoms with Gasteiger partial charge in [0.1, 0.15) is 0 Å². The lowest BCUT2D eigenvalue weighted by Crippen LogP contribution is -2.39. The van der Waals surface area contributed by atoms with Crippen molar-refractivity contribution in [3.63, 3.8) is 0 Å². The molecular weight excluding hydrogens is 414 g/mol. The third-order valence-corrected chi connectivity index (χ3v) is 6.95. The van der Waals surface area contributed by atoms with E-state index in [0.717, 1.165) is 22.3 Å². The first kappa shape index (κ1) is 21.8. The highest BCUT2D eigenvalue weighted by molar-refractivity contribution is 7.89. The second-order valence-electron chi connectivity index (χ2n) is 7.14. The molecule has 0 amide bonds. The second kappa shape index (κ2) is 9.26. The first-order valence-electron chi connectivity index (χ1n) is 9.41. The van der Waals surface area contributed by atoms with Crippen molar-refractivity contribution in [1.29, 1.82) is 0 Å². The number of nitrogens with one attached hydrogen (secondary N) is 1. The van der Waals surface area contributed by atoms with Crippen LogP contribution in [0.2, 0.25) is 5.02 Å². The van der Waals surface area contributed by atoms with Gasteiger partial charge >= 0.3 is 5.97 Å². The summed E-state index contributed by atoms with van der Waals surface area (Å²) in [5.74, 6) is -0.280. The van der Waals surface area contributed by atoms with Crippen LogP contribution in [0, 0.1) is 0 Å². The number of sulfonamides is 1. The molecule has 1 aliphatic carbocycles. The van der Waals surface area contributed by atoms with E-state index in [4.69, 9.17) is 16.3 Å². The number of ether oxygens (including phenoxy) is 1. The van der Waals surface area contributed by atoms with Crippen molar-refractivity contribution in [3.8, 4) is 0 Å². The summed E-state index contributed by atoms with van der Waals surface area (Å²) in [5, 5.41) is 10.1. The Morgan fingerprint density at radius 3 is 2.66 bits per heavy atom. The van der Waals surface area contributed by atoms with E-state index in [-0.39, 0.29) is 29.9 Å². The zero-order valence-corrected chi connectivity index (χ0v) is 17.7. The van der Waals surface area contributed by atoms with Crippen molar-refractivity contribution < 1.29 is 23.1 Å². The van der Waals surface area contributed by atoms with Crippen LogP contribution in [0.1, 0.15) is 35.1 Å². The zero-order chi connectivity index (χ0) is 21.0. The Labute approximate surface area is 175 Å². The van der Waals surface area contributed by atoms with Crippen molar-refractivity contribution in [2.24, 2.45) is 0 Å².